The third kappa shape index (κ3) is 5.32. The summed E-state index contributed by atoms with van der Waals surface area (Å²) in [5.41, 5.74) is 3.46. The maximum atomic E-state index is 5.74. The molecule has 29 heavy (non-hydrogen) atoms. The monoisotopic (exact) mass is 412 g/mol. The molecule has 2 aromatic carbocycles. The average molecular weight is 413 g/mol. The molecule has 0 aliphatic rings. The molecule has 0 bridgehead atoms. The molecule has 1 aromatic heterocycles. The molecule has 154 valence electrons. The molecule has 0 spiro atoms. The zero-order valence-corrected chi connectivity index (χ0v) is 18.3. The Bertz CT molecular complexity index is 995. The van der Waals surface area contributed by atoms with E-state index in [1.165, 1.54) is 11.1 Å². The van der Waals surface area contributed by atoms with Crippen molar-refractivity contribution in [1.82, 2.24) is 19.2 Å². The average Bonchev–Trinajstić information content (AvgIpc) is 3.02. The fourth-order valence-electron chi connectivity index (χ4n) is 3.24. The van der Waals surface area contributed by atoms with Crippen LogP contribution in [0.3, 0.4) is 0 Å². The van der Waals surface area contributed by atoms with E-state index in [0.29, 0.717) is 24.6 Å². The fourth-order valence-corrected chi connectivity index (χ4v) is 3.51. The molecule has 0 aliphatic carbocycles. The van der Waals surface area contributed by atoms with Gasteiger partial charge in [0.25, 0.3) is 0 Å². The molecule has 0 atom stereocenters. The first kappa shape index (κ1) is 21.2. The summed E-state index contributed by atoms with van der Waals surface area (Å²) in [5.74, 6) is 1.73. The van der Waals surface area contributed by atoms with Crippen molar-refractivity contribution in [3.8, 4) is 17.1 Å². The van der Waals surface area contributed by atoms with Crippen molar-refractivity contribution in [3.63, 3.8) is 0 Å². The van der Waals surface area contributed by atoms with E-state index < -0.39 is 0 Å². The molecule has 0 saturated heterocycles. The van der Waals surface area contributed by atoms with E-state index in [1.807, 2.05) is 22.9 Å². The van der Waals surface area contributed by atoms with Crippen LogP contribution in [-0.4, -0.2) is 47.1 Å². The third-order valence-corrected chi connectivity index (χ3v) is 5.14. The molecule has 3 rings (SSSR count). The standard InChI is InChI=1S/C22H28N4O2S/c1-17-6-5-7-19(14-17)21-23-26(22(29)25(21)12-13-27-3)16-24(2)15-18-8-10-20(28-4)11-9-18/h5-11,14H,12-13,15-16H2,1-4H3. The molecule has 6 nitrogen and oxygen atoms in total. The summed E-state index contributed by atoms with van der Waals surface area (Å²) >= 11 is 5.74. The molecular weight excluding hydrogens is 384 g/mol. The molecule has 7 heteroatoms. The largest absolute Gasteiger partial charge is 0.497 e. The Morgan fingerprint density at radius 1 is 1.10 bits per heavy atom. The molecule has 0 N–H and O–H groups in total. The van der Waals surface area contributed by atoms with Gasteiger partial charge in [0.1, 0.15) is 5.75 Å². The third-order valence-electron chi connectivity index (χ3n) is 4.71. The molecule has 0 saturated carbocycles. The first-order valence-corrected chi connectivity index (χ1v) is 9.97. The van der Waals surface area contributed by atoms with Gasteiger partial charge in [-0.05, 0) is 50.0 Å². The van der Waals surface area contributed by atoms with Crippen LogP contribution in [-0.2, 0) is 24.5 Å². The second kappa shape index (κ2) is 9.82. The molecule has 0 amide bonds. The van der Waals surface area contributed by atoms with Gasteiger partial charge >= 0.3 is 0 Å². The SMILES string of the molecule is COCCn1c(-c2cccc(C)c2)nn(CN(C)Cc2ccc(OC)cc2)c1=S. The maximum absolute atomic E-state index is 5.74. The van der Waals surface area contributed by atoms with Crippen LogP contribution in [0.5, 0.6) is 5.75 Å². The van der Waals surface area contributed by atoms with Crippen molar-refractivity contribution in [3.05, 3.63) is 64.4 Å². The maximum Gasteiger partial charge on any atom is 0.199 e. The van der Waals surface area contributed by atoms with Gasteiger partial charge in [0.15, 0.2) is 10.6 Å². The van der Waals surface area contributed by atoms with Gasteiger partial charge in [-0.2, -0.15) is 5.10 Å². The number of hydrogen-bond donors (Lipinski definition) is 0. The topological polar surface area (TPSA) is 44.5 Å². The van der Waals surface area contributed by atoms with Gasteiger partial charge in [-0.1, -0.05) is 35.9 Å². The van der Waals surface area contributed by atoms with Crippen molar-refractivity contribution in [2.24, 2.45) is 0 Å². The molecule has 0 radical (unpaired) electrons. The highest BCUT2D eigenvalue weighted by molar-refractivity contribution is 7.71. The van der Waals surface area contributed by atoms with E-state index in [-0.39, 0.29) is 0 Å². The van der Waals surface area contributed by atoms with Gasteiger partial charge in [0.2, 0.25) is 0 Å². The molecule has 1 heterocycles. The molecule has 0 unspecified atom stereocenters. The van der Waals surface area contributed by atoms with Gasteiger partial charge in [-0.3, -0.25) is 9.47 Å². The number of aromatic nitrogens is 3. The van der Waals surface area contributed by atoms with Gasteiger partial charge in [-0.15, -0.1) is 0 Å². The number of benzene rings is 2. The van der Waals surface area contributed by atoms with Crippen LogP contribution in [0.2, 0.25) is 0 Å². The second-order valence-corrected chi connectivity index (χ2v) is 7.49. The van der Waals surface area contributed by atoms with Crippen LogP contribution in [0, 0.1) is 11.7 Å². The normalized spacial score (nSPS) is 11.2. The van der Waals surface area contributed by atoms with Gasteiger partial charge < -0.3 is 9.47 Å². The lowest BCUT2D eigenvalue weighted by Crippen LogP contribution is -2.22. The molecule has 0 fully saturated rings. The number of nitrogens with zero attached hydrogens (tertiary/aromatic N) is 4. The summed E-state index contributed by atoms with van der Waals surface area (Å²) in [7, 11) is 5.43. The van der Waals surface area contributed by atoms with Crippen LogP contribution in [0.25, 0.3) is 11.4 Å². The summed E-state index contributed by atoms with van der Waals surface area (Å²) in [5, 5.41) is 4.84. The van der Waals surface area contributed by atoms with E-state index in [1.54, 1.807) is 14.2 Å². The number of hydrogen-bond acceptors (Lipinski definition) is 5. The summed E-state index contributed by atoms with van der Waals surface area (Å²) in [6.07, 6.45) is 0. The Balaban J connectivity index is 1.83. The summed E-state index contributed by atoms with van der Waals surface area (Å²) in [4.78, 5) is 2.19. The highest BCUT2D eigenvalue weighted by Gasteiger charge is 2.14. The predicted octanol–water partition coefficient (Wildman–Crippen LogP) is 4.13. The van der Waals surface area contributed by atoms with Crippen LogP contribution >= 0.6 is 12.2 Å². The van der Waals surface area contributed by atoms with Crippen molar-refractivity contribution in [2.45, 2.75) is 26.7 Å². The number of methoxy groups -OCH3 is 2. The summed E-state index contributed by atoms with van der Waals surface area (Å²) < 4.78 is 15.1. The van der Waals surface area contributed by atoms with Crippen molar-refractivity contribution in [2.75, 3.05) is 27.9 Å². The first-order chi connectivity index (χ1) is 14.0. The molecule has 0 aliphatic heterocycles. The molecule has 3 aromatic rings. The quantitative estimate of drug-likeness (QED) is 0.495. The highest BCUT2D eigenvalue weighted by atomic mass is 32.1. The van der Waals surface area contributed by atoms with E-state index in [0.717, 1.165) is 23.7 Å². The van der Waals surface area contributed by atoms with Crippen molar-refractivity contribution < 1.29 is 9.47 Å². The summed E-state index contributed by atoms with van der Waals surface area (Å²) in [6, 6.07) is 16.4. The van der Waals surface area contributed by atoms with E-state index in [9.17, 15) is 0 Å². The summed E-state index contributed by atoms with van der Waals surface area (Å²) in [6.45, 7) is 4.72. The minimum Gasteiger partial charge on any atom is -0.497 e. The van der Waals surface area contributed by atoms with Crippen LogP contribution in [0.15, 0.2) is 48.5 Å². The smallest absolute Gasteiger partial charge is 0.199 e. The van der Waals surface area contributed by atoms with E-state index >= 15 is 0 Å². The van der Waals surface area contributed by atoms with Crippen LogP contribution in [0.4, 0.5) is 0 Å². The highest BCUT2D eigenvalue weighted by Crippen LogP contribution is 2.20. The first-order valence-electron chi connectivity index (χ1n) is 9.57. The van der Waals surface area contributed by atoms with Gasteiger partial charge in [-0.25, -0.2) is 4.68 Å². The lowest BCUT2D eigenvalue weighted by atomic mass is 10.1. The van der Waals surface area contributed by atoms with E-state index in [2.05, 4.69) is 53.8 Å². The molecular formula is C22H28N4O2S. The van der Waals surface area contributed by atoms with Gasteiger partial charge in [0.05, 0.1) is 26.9 Å². The zero-order valence-electron chi connectivity index (χ0n) is 17.5. The van der Waals surface area contributed by atoms with Crippen LogP contribution in [0.1, 0.15) is 11.1 Å². The van der Waals surface area contributed by atoms with Crippen molar-refractivity contribution >= 4 is 12.2 Å². The number of rotatable bonds is 9. The number of ether oxygens (including phenoxy) is 2. The fraction of sp³-hybridized carbons (Fsp3) is 0.364. The zero-order chi connectivity index (χ0) is 20.8. The lowest BCUT2D eigenvalue weighted by Gasteiger charge is -2.16. The van der Waals surface area contributed by atoms with Gasteiger partial charge in [0, 0.05) is 19.2 Å². The Labute approximate surface area is 177 Å². The Morgan fingerprint density at radius 2 is 1.86 bits per heavy atom. The Morgan fingerprint density at radius 3 is 2.52 bits per heavy atom. The van der Waals surface area contributed by atoms with E-state index in [4.69, 9.17) is 26.8 Å². The Hall–Kier alpha value is -2.48. The second-order valence-electron chi connectivity index (χ2n) is 7.12. The number of aryl methyl sites for hydroxylation is 1. The lowest BCUT2D eigenvalue weighted by molar-refractivity contribution is 0.186. The minimum absolute atomic E-state index is 0.584. The minimum atomic E-state index is 0.584. The Kier molecular flexibility index (Phi) is 7.19. The van der Waals surface area contributed by atoms with Crippen molar-refractivity contribution in [1.29, 1.82) is 0 Å². The predicted molar refractivity (Wildman–Crippen MR) is 118 cm³/mol. The van der Waals surface area contributed by atoms with Crippen LogP contribution < -0.4 is 4.74 Å².